The monoisotopic (exact) mass is 218 g/mol. The van der Waals surface area contributed by atoms with E-state index in [0.717, 1.165) is 7.11 Å². The van der Waals surface area contributed by atoms with Gasteiger partial charge in [-0.05, 0) is 6.92 Å². The highest BCUT2D eigenvalue weighted by Gasteiger charge is 1.72. The lowest BCUT2D eigenvalue weighted by atomic mass is 10.2. The largest absolute Gasteiger partial charge is 0.412 e. The lowest BCUT2D eigenvalue weighted by molar-refractivity contribution is 0.399. The minimum absolute atomic E-state index is 0. The number of aliphatic hydroxyl groups excluding tert-OH is 1. The van der Waals surface area contributed by atoms with Crippen molar-refractivity contribution in [1.29, 1.82) is 0 Å². The Labute approximate surface area is 96.3 Å². The van der Waals surface area contributed by atoms with Crippen LogP contribution in [0.4, 0.5) is 0 Å². The SMILES string of the molecule is C.C.CCC.CO.Cc1ccccc1.O. The van der Waals surface area contributed by atoms with Gasteiger partial charge in [-0.3, -0.25) is 0 Å². The van der Waals surface area contributed by atoms with Gasteiger partial charge in [0.15, 0.2) is 0 Å². The molecule has 3 N–H and O–H groups in total. The van der Waals surface area contributed by atoms with Gasteiger partial charge in [-0.25, -0.2) is 0 Å². The normalized spacial score (nSPS) is 5.67. The fourth-order valence-corrected chi connectivity index (χ4v) is 0.534. The number of aryl methyl sites for hydroxylation is 1. The summed E-state index contributed by atoms with van der Waals surface area (Å²) < 4.78 is 0. The molecular weight excluding hydrogens is 188 g/mol. The van der Waals surface area contributed by atoms with Gasteiger partial charge in [0.25, 0.3) is 0 Å². The molecule has 1 rings (SSSR count). The van der Waals surface area contributed by atoms with Gasteiger partial charge in [0.1, 0.15) is 0 Å². The van der Waals surface area contributed by atoms with E-state index in [-0.39, 0.29) is 20.3 Å². The Hall–Kier alpha value is -0.860. The molecule has 0 radical (unpaired) electrons. The Morgan fingerprint density at radius 2 is 1.20 bits per heavy atom. The Balaban J connectivity index is -0.0000000373. The minimum atomic E-state index is 0. The Bertz CT molecular complexity index is 150. The Morgan fingerprint density at radius 1 is 0.933 bits per heavy atom. The summed E-state index contributed by atoms with van der Waals surface area (Å²) >= 11 is 0. The summed E-state index contributed by atoms with van der Waals surface area (Å²) in [6.45, 7) is 6.33. The Morgan fingerprint density at radius 3 is 1.33 bits per heavy atom. The van der Waals surface area contributed by atoms with Crippen LogP contribution in [0.2, 0.25) is 0 Å². The van der Waals surface area contributed by atoms with Gasteiger partial charge in [0.2, 0.25) is 0 Å². The zero-order valence-electron chi connectivity index (χ0n) is 9.04. The molecule has 0 aliphatic carbocycles. The van der Waals surface area contributed by atoms with E-state index < -0.39 is 0 Å². The maximum atomic E-state index is 7.00. The number of rotatable bonds is 0. The molecule has 0 bridgehead atoms. The van der Waals surface area contributed by atoms with Crippen LogP contribution < -0.4 is 0 Å². The van der Waals surface area contributed by atoms with Crippen molar-refractivity contribution in [3.63, 3.8) is 0 Å². The number of aliphatic hydroxyl groups is 1. The maximum absolute atomic E-state index is 7.00. The van der Waals surface area contributed by atoms with Gasteiger partial charge in [0.05, 0.1) is 0 Å². The van der Waals surface area contributed by atoms with E-state index in [9.17, 15) is 0 Å². The van der Waals surface area contributed by atoms with Crippen molar-refractivity contribution in [2.45, 2.75) is 42.0 Å². The molecule has 94 valence electrons. The first-order valence-electron chi connectivity index (χ1n) is 4.27. The van der Waals surface area contributed by atoms with Crippen molar-refractivity contribution in [2.75, 3.05) is 7.11 Å². The molecule has 0 aliphatic rings. The van der Waals surface area contributed by atoms with Gasteiger partial charge in [-0.1, -0.05) is 71.0 Å². The second-order valence-corrected chi connectivity index (χ2v) is 2.36. The number of benzene rings is 1. The fraction of sp³-hybridized carbons (Fsp3) is 0.538. The van der Waals surface area contributed by atoms with Crippen molar-refractivity contribution in [2.24, 2.45) is 0 Å². The zero-order chi connectivity index (χ0) is 9.82. The molecule has 0 aromatic heterocycles. The van der Waals surface area contributed by atoms with Gasteiger partial charge < -0.3 is 10.6 Å². The standard InChI is InChI=1S/C7H8.C3H8.CH4O.2CH4.H2O/c1-7-5-3-2-4-6-7;1-3-2;1-2;;;/h2-6H,1H3;3H2,1-2H3;2H,1H3;2*1H4;1H2. The van der Waals surface area contributed by atoms with Crippen LogP contribution >= 0.6 is 0 Å². The van der Waals surface area contributed by atoms with Gasteiger partial charge in [-0.2, -0.15) is 0 Å². The van der Waals surface area contributed by atoms with Crippen molar-refractivity contribution >= 4 is 0 Å². The van der Waals surface area contributed by atoms with Crippen LogP contribution in [0, 0.1) is 6.92 Å². The molecule has 0 aliphatic heterocycles. The summed E-state index contributed by atoms with van der Waals surface area (Å²) in [5.74, 6) is 0. The lowest BCUT2D eigenvalue weighted by Gasteiger charge is -1.82. The molecule has 2 heteroatoms. The number of hydrogen-bond donors (Lipinski definition) is 1. The van der Waals surface area contributed by atoms with Gasteiger partial charge in [-0.15, -0.1) is 0 Å². The zero-order valence-corrected chi connectivity index (χ0v) is 9.04. The summed E-state index contributed by atoms with van der Waals surface area (Å²) in [6, 6.07) is 10.3. The van der Waals surface area contributed by atoms with Crippen LogP contribution in [0.1, 0.15) is 40.7 Å². The average Bonchev–Trinajstić information content (AvgIpc) is 2.11. The van der Waals surface area contributed by atoms with Crippen LogP contribution in [0.5, 0.6) is 0 Å². The highest BCUT2D eigenvalue weighted by atomic mass is 16.2. The molecule has 0 heterocycles. The highest BCUT2D eigenvalue weighted by molar-refractivity contribution is 5.11. The topological polar surface area (TPSA) is 51.7 Å². The van der Waals surface area contributed by atoms with E-state index >= 15 is 0 Å². The molecule has 0 spiro atoms. The molecule has 0 atom stereocenters. The first-order chi connectivity index (χ1) is 5.81. The molecule has 2 nitrogen and oxygen atoms in total. The summed E-state index contributed by atoms with van der Waals surface area (Å²) in [6.07, 6.45) is 1.25. The van der Waals surface area contributed by atoms with E-state index in [1.165, 1.54) is 12.0 Å². The molecule has 15 heavy (non-hydrogen) atoms. The van der Waals surface area contributed by atoms with Crippen LogP contribution in [-0.4, -0.2) is 17.7 Å². The van der Waals surface area contributed by atoms with Gasteiger partial charge >= 0.3 is 0 Å². The van der Waals surface area contributed by atoms with Crippen LogP contribution in [0.3, 0.4) is 0 Å². The molecule has 0 saturated carbocycles. The molecule has 0 saturated heterocycles. The first kappa shape index (κ1) is 29.2. The summed E-state index contributed by atoms with van der Waals surface area (Å²) in [7, 11) is 1.00. The fourth-order valence-electron chi connectivity index (χ4n) is 0.534. The molecule has 0 fully saturated rings. The first-order valence-corrected chi connectivity index (χ1v) is 4.27. The summed E-state index contributed by atoms with van der Waals surface area (Å²) in [4.78, 5) is 0. The molecule has 0 amide bonds. The predicted molar refractivity (Wildman–Crippen MR) is 72.4 cm³/mol. The predicted octanol–water partition coefficient (Wildman–Crippen LogP) is 3.47. The van der Waals surface area contributed by atoms with Crippen LogP contribution in [0.25, 0.3) is 0 Å². The second kappa shape index (κ2) is 29.2. The molecule has 1 aromatic carbocycles. The molecule has 1 aromatic rings. The number of hydrogen-bond acceptors (Lipinski definition) is 1. The summed E-state index contributed by atoms with van der Waals surface area (Å²) in [5, 5.41) is 7.00. The van der Waals surface area contributed by atoms with E-state index in [0.29, 0.717) is 0 Å². The Kier molecular flexibility index (Phi) is 56.9. The summed E-state index contributed by atoms with van der Waals surface area (Å²) in [5.41, 5.74) is 1.32. The third-order valence-electron chi connectivity index (χ3n) is 0.940. The van der Waals surface area contributed by atoms with Crippen molar-refractivity contribution in [1.82, 2.24) is 0 Å². The quantitative estimate of drug-likeness (QED) is 0.712. The molecular formula is C13H30O2. The third kappa shape index (κ3) is 32.0. The van der Waals surface area contributed by atoms with Crippen molar-refractivity contribution in [3.05, 3.63) is 35.9 Å². The molecule has 0 unspecified atom stereocenters. The smallest absolute Gasteiger partial charge is 0.0319 e. The highest BCUT2D eigenvalue weighted by Crippen LogP contribution is 1.92. The van der Waals surface area contributed by atoms with Crippen LogP contribution in [0.15, 0.2) is 30.3 Å². The average molecular weight is 218 g/mol. The third-order valence-corrected chi connectivity index (χ3v) is 0.940. The van der Waals surface area contributed by atoms with E-state index in [1.54, 1.807) is 0 Å². The lowest BCUT2D eigenvalue weighted by Crippen LogP contribution is -1.62. The second-order valence-electron chi connectivity index (χ2n) is 2.36. The van der Waals surface area contributed by atoms with E-state index in [2.05, 4.69) is 32.9 Å². The van der Waals surface area contributed by atoms with Crippen LogP contribution in [-0.2, 0) is 0 Å². The van der Waals surface area contributed by atoms with E-state index in [1.807, 2.05) is 18.2 Å². The van der Waals surface area contributed by atoms with Crippen molar-refractivity contribution < 1.29 is 10.6 Å². The van der Waals surface area contributed by atoms with Crippen molar-refractivity contribution in [3.8, 4) is 0 Å². The van der Waals surface area contributed by atoms with E-state index in [4.69, 9.17) is 5.11 Å². The van der Waals surface area contributed by atoms with Gasteiger partial charge in [0, 0.05) is 7.11 Å². The minimum Gasteiger partial charge on any atom is -0.412 e. The maximum Gasteiger partial charge on any atom is 0.0319 e.